The van der Waals surface area contributed by atoms with Crippen LogP contribution >= 0.6 is 0 Å². The minimum Gasteiger partial charge on any atom is -0.264 e. The molecule has 24 heavy (non-hydrogen) atoms. The van der Waals surface area contributed by atoms with E-state index < -0.39 is 0 Å². The highest BCUT2D eigenvalue weighted by Crippen LogP contribution is 2.32. The monoisotopic (exact) mass is 319 g/mol. The van der Waals surface area contributed by atoms with Gasteiger partial charge in [0, 0.05) is 18.0 Å². The summed E-state index contributed by atoms with van der Waals surface area (Å²) in [5.74, 6) is 0.854. The first-order valence-corrected chi connectivity index (χ1v) is 9.41. The fraction of sp³-hybridized carbons (Fsp3) is 0.435. The minimum absolute atomic E-state index is 0.854. The molecule has 1 aliphatic carbocycles. The Morgan fingerprint density at radius 1 is 1.12 bits per heavy atom. The molecule has 0 spiro atoms. The van der Waals surface area contributed by atoms with Gasteiger partial charge in [-0.05, 0) is 60.1 Å². The summed E-state index contributed by atoms with van der Waals surface area (Å²) < 4.78 is 0. The Kier molecular flexibility index (Phi) is 5.50. The minimum atomic E-state index is 0.854. The van der Waals surface area contributed by atoms with Crippen LogP contribution < -0.4 is 0 Å². The smallest absolute Gasteiger partial charge is 0.0349 e. The van der Waals surface area contributed by atoms with Gasteiger partial charge in [0.25, 0.3) is 0 Å². The van der Waals surface area contributed by atoms with Gasteiger partial charge < -0.3 is 0 Å². The Morgan fingerprint density at radius 3 is 2.62 bits per heavy atom. The molecular weight excluding hydrogens is 290 g/mol. The van der Waals surface area contributed by atoms with Crippen LogP contribution in [0.1, 0.15) is 62.6 Å². The van der Waals surface area contributed by atoms with Gasteiger partial charge in [0.15, 0.2) is 0 Å². The van der Waals surface area contributed by atoms with E-state index in [1.807, 2.05) is 12.4 Å². The second-order valence-electron chi connectivity index (χ2n) is 7.25. The van der Waals surface area contributed by atoms with Crippen LogP contribution in [0.2, 0.25) is 0 Å². The van der Waals surface area contributed by atoms with Crippen molar-refractivity contribution in [1.82, 2.24) is 4.98 Å². The van der Waals surface area contributed by atoms with Crippen LogP contribution in [0.5, 0.6) is 0 Å². The van der Waals surface area contributed by atoms with E-state index >= 15 is 0 Å². The topological polar surface area (TPSA) is 12.9 Å². The van der Waals surface area contributed by atoms with Crippen molar-refractivity contribution in [3.05, 3.63) is 59.9 Å². The molecule has 1 aromatic carbocycles. The predicted octanol–water partition coefficient (Wildman–Crippen LogP) is 6.47. The number of allylic oxidation sites excluding steroid dienone is 1. The molecule has 0 saturated heterocycles. The van der Waals surface area contributed by atoms with Gasteiger partial charge in [0.2, 0.25) is 0 Å². The molecule has 0 atom stereocenters. The highest BCUT2D eigenvalue weighted by Gasteiger charge is 2.16. The normalized spacial score (nSPS) is 15.4. The van der Waals surface area contributed by atoms with Crippen LogP contribution in [0.3, 0.4) is 0 Å². The number of aryl methyl sites for hydroxylation is 1. The molecule has 0 radical (unpaired) electrons. The lowest BCUT2D eigenvalue weighted by molar-refractivity contribution is 0.356. The van der Waals surface area contributed by atoms with E-state index in [2.05, 4.69) is 49.7 Å². The van der Waals surface area contributed by atoms with E-state index in [4.69, 9.17) is 0 Å². The van der Waals surface area contributed by atoms with Crippen LogP contribution in [0, 0.1) is 5.92 Å². The number of hydrogen-bond acceptors (Lipinski definition) is 1. The maximum atomic E-state index is 4.34. The molecule has 1 aliphatic rings. The fourth-order valence-corrected chi connectivity index (χ4v) is 4.01. The summed E-state index contributed by atoms with van der Waals surface area (Å²) in [6.07, 6.45) is 13.1. The lowest BCUT2D eigenvalue weighted by atomic mass is 9.82. The zero-order chi connectivity index (χ0) is 16.9. The van der Waals surface area contributed by atoms with E-state index in [9.17, 15) is 0 Å². The quantitative estimate of drug-likeness (QED) is 0.615. The maximum absolute atomic E-state index is 4.34. The molecule has 0 amide bonds. The van der Waals surface area contributed by atoms with Crippen LogP contribution in [0.25, 0.3) is 16.7 Å². The number of hydrogen-bond donors (Lipinski definition) is 0. The Labute approximate surface area is 146 Å². The van der Waals surface area contributed by atoms with Crippen molar-refractivity contribution in [2.75, 3.05) is 0 Å². The summed E-state index contributed by atoms with van der Waals surface area (Å²) in [6.45, 7) is 8.58. The summed E-state index contributed by atoms with van der Waals surface area (Å²) >= 11 is 0. The largest absolute Gasteiger partial charge is 0.264 e. The Hall–Kier alpha value is -1.89. The molecule has 1 heteroatoms. The van der Waals surface area contributed by atoms with Crippen LogP contribution in [0.4, 0.5) is 0 Å². The number of nitrogens with zero attached hydrogens (tertiary/aromatic N) is 1. The van der Waals surface area contributed by atoms with Crippen molar-refractivity contribution < 1.29 is 0 Å². The standard InChI is InChI=1S/C23H29N/c1-4-19-12-13-24-16-23(19)21-11-10-20(22(15-21)17(2)3)14-18-8-6-5-7-9-18/h10-13,15-16,18H,2,4-9,14H2,1,3H3. The molecule has 1 nitrogen and oxygen atoms in total. The lowest BCUT2D eigenvalue weighted by Crippen LogP contribution is -2.10. The predicted molar refractivity (Wildman–Crippen MR) is 104 cm³/mol. The summed E-state index contributed by atoms with van der Waals surface area (Å²) in [4.78, 5) is 4.34. The Bertz CT molecular complexity index is 708. The molecule has 1 fully saturated rings. The first-order valence-electron chi connectivity index (χ1n) is 9.41. The van der Waals surface area contributed by atoms with Gasteiger partial charge in [-0.3, -0.25) is 4.98 Å². The number of aromatic nitrogens is 1. The Balaban J connectivity index is 1.93. The van der Waals surface area contributed by atoms with Gasteiger partial charge in [-0.15, -0.1) is 0 Å². The lowest BCUT2D eigenvalue weighted by Gasteiger charge is -2.23. The molecule has 3 rings (SSSR count). The molecule has 1 aromatic heterocycles. The maximum Gasteiger partial charge on any atom is 0.0349 e. The van der Waals surface area contributed by atoms with Crippen molar-refractivity contribution >= 4 is 5.57 Å². The highest BCUT2D eigenvalue weighted by atomic mass is 14.6. The second-order valence-corrected chi connectivity index (χ2v) is 7.25. The van der Waals surface area contributed by atoms with Crippen molar-refractivity contribution in [2.45, 2.75) is 58.8 Å². The fourth-order valence-electron chi connectivity index (χ4n) is 4.01. The molecule has 1 heterocycles. The molecule has 0 bridgehead atoms. The molecule has 2 aromatic rings. The third-order valence-corrected chi connectivity index (χ3v) is 5.41. The van der Waals surface area contributed by atoms with Crippen LogP contribution in [0.15, 0.2) is 43.2 Å². The first-order chi connectivity index (χ1) is 11.7. The van der Waals surface area contributed by atoms with E-state index in [1.165, 1.54) is 71.9 Å². The van der Waals surface area contributed by atoms with Crippen molar-refractivity contribution in [3.63, 3.8) is 0 Å². The van der Waals surface area contributed by atoms with Gasteiger partial charge in [0.05, 0.1) is 0 Å². The van der Waals surface area contributed by atoms with Crippen LogP contribution in [-0.4, -0.2) is 4.98 Å². The SMILES string of the molecule is C=C(C)c1cc(-c2cnccc2CC)ccc1CC1CCCCC1. The van der Waals surface area contributed by atoms with E-state index in [1.54, 1.807) is 0 Å². The van der Waals surface area contributed by atoms with E-state index in [0.717, 1.165) is 12.3 Å². The summed E-state index contributed by atoms with van der Waals surface area (Å²) in [5.41, 5.74) is 7.86. The molecule has 0 unspecified atom stereocenters. The third kappa shape index (κ3) is 3.77. The first kappa shape index (κ1) is 17.0. The van der Waals surface area contributed by atoms with E-state index in [-0.39, 0.29) is 0 Å². The molecule has 0 N–H and O–H groups in total. The number of pyridine rings is 1. The van der Waals surface area contributed by atoms with Gasteiger partial charge in [0.1, 0.15) is 0 Å². The summed E-state index contributed by atoms with van der Waals surface area (Å²) in [7, 11) is 0. The van der Waals surface area contributed by atoms with Gasteiger partial charge in [-0.1, -0.05) is 63.3 Å². The van der Waals surface area contributed by atoms with E-state index in [0.29, 0.717) is 0 Å². The number of rotatable bonds is 5. The summed E-state index contributed by atoms with van der Waals surface area (Å²) in [5, 5.41) is 0. The summed E-state index contributed by atoms with van der Waals surface area (Å²) in [6, 6.07) is 9.07. The highest BCUT2D eigenvalue weighted by molar-refractivity contribution is 5.74. The zero-order valence-corrected chi connectivity index (χ0v) is 15.1. The second kappa shape index (κ2) is 7.79. The van der Waals surface area contributed by atoms with Gasteiger partial charge >= 0.3 is 0 Å². The van der Waals surface area contributed by atoms with Crippen molar-refractivity contribution in [2.24, 2.45) is 5.92 Å². The van der Waals surface area contributed by atoms with Gasteiger partial charge in [-0.2, -0.15) is 0 Å². The molecular formula is C23H29N. The molecule has 1 saturated carbocycles. The zero-order valence-electron chi connectivity index (χ0n) is 15.1. The Morgan fingerprint density at radius 2 is 1.92 bits per heavy atom. The molecule has 0 aliphatic heterocycles. The average Bonchev–Trinajstić information content (AvgIpc) is 2.62. The van der Waals surface area contributed by atoms with Crippen LogP contribution in [-0.2, 0) is 12.8 Å². The van der Waals surface area contributed by atoms with Crippen molar-refractivity contribution in [3.8, 4) is 11.1 Å². The third-order valence-electron chi connectivity index (χ3n) is 5.41. The number of benzene rings is 1. The van der Waals surface area contributed by atoms with Gasteiger partial charge in [-0.25, -0.2) is 0 Å². The average molecular weight is 319 g/mol. The van der Waals surface area contributed by atoms with Crippen molar-refractivity contribution in [1.29, 1.82) is 0 Å². The molecule has 126 valence electrons.